The highest BCUT2D eigenvalue weighted by Crippen LogP contribution is 2.36. The molecule has 4 atom stereocenters. The van der Waals surface area contributed by atoms with Crippen LogP contribution in [0.25, 0.3) is 0 Å². The third-order valence-electron chi connectivity index (χ3n) is 5.72. The molecule has 1 saturated carbocycles. The van der Waals surface area contributed by atoms with Gasteiger partial charge in [0.2, 0.25) is 0 Å². The van der Waals surface area contributed by atoms with Crippen molar-refractivity contribution >= 4 is 0 Å². The Morgan fingerprint density at radius 3 is 2.95 bits per heavy atom. The van der Waals surface area contributed by atoms with Gasteiger partial charge in [0, 0.05) is 31.2 Å². The molecule has 0 aromatic heterocycles. The van der Waals surface area contributed by atoms with E-state index >= 15 is 0 Å². The summed E-state index contributed by atoms with van der Waals surface area (Å²) in [6.07, 6.45) is 9.75. The van der Waals surface area contributed by atoms with Crippen LogP contribution in [0.5, 0.6) is 0 Å². The molecular weight excluding hydrogens is 248 g/mol. The minimum Gasteiger partial charge on any atom is -0.381 e. The van der Waals surface area contributed by atoms with Crippen LogP contribution in [-0.4, -0.2) is 49.8 Å². The molecule has 3 aliphatic rings. The Kier molecular flexibility index (Phi) is 5.36. The molecule has 3 rings (SSSR count). The van der Waals surface area contributed by atoms with Crippen LogP contribution in [-0.2, 0) is 4.74 Å². The van der Waals surface area contributed by atoms with Gasteiger partial charge in [-0.1, -0.05) is 19.8 Å². The van der Waals surface area contributed by atoms with E-state index in [1.807, 2.05) is 0 Å². The zero-order chi connectivity index (χ0) is 13.8. The smallest absolute Gasteiger partial charge is 0.0521 e. The fourth-order valence-electron chi connectivity index (χ4n) is 4.61. The fraction of sp³-hybridized carbons (Fsp3) is 1.00. The van der Waals surface area contributed by atoms with E-state index < -0.39 is 0 Å². The summed E-state index contributed by atoms with van der Waals surface area (Å²) in [5, 5.41) is 3.76. The summed E-state index contributed by atoms with van der Waals surface area (Å²) in [4.78, 5) is 2.81. The second kappa shape index (κ2) is 7.24. The van der Waals surface area contributed by atoms with Gasteiger partial charge in [-0.05, 0) is 51.1 Å². The zero-order valence-corrected chi connectivity index (χ0v) is 13.2. The highest BCUT2D eigenvalue weighted by Gasteiger charge is 2.38. The lowest BCUT2D eigenvalue weighted by atomic mass is 9.85. The number of hydrogen-bond donors (Lipinski definition) is 1. The normalized spacial score (nSPS) is 38.9. The summed E-state index contributed by atoms with van der Waals surface area (Å²) in [5.74, 6) is 1.71. The number of fused-ring (bicyclic) bond motifs is 1. The molecule has 116 valence electrons. The van der Waals surface area contributed by atoms with Crippen LogP contribution in [0.1, 0.15) is 51.9 Å². The minimum absolute atomic E-state index is 0.686. The lowest BCUT2D eigenvalue weighted by Crippen LogP contribution is -2.49. The molecule has 0 bridgehead atoms. The lowest BCUT2D eigenvalue weighted by Gasteiger charge is -2.38. The van der Waals surface area contributed by atoms with Crippen molar-refractivity contribution < 1.29 is 4.74 Å². The molecular formula is C17H32N2O. The third-order valence-corrected chi connectivity index (χ3v) is 5.72. The molecule has 1 N–H and O–H groups in total. The maximum Gasteiger partial charge on any atom is 0.0521 e. The van der Waals surface area contributed by atoms with Crippen LogP contribution < -0.4 is 5.32 Å². The van der Waals surface area contributed by atoms with Gasteiger partial charge in [0.25, 0.3) is 0 Å². The van der Waals surface area contributed by atoms with Crippen LogP contribution in [0.3, 0.4) is 0 Å². The van der Waals surface area contributed by atoms with Crippen molar-refractivity contribution in [2.24, 2.45) is 11.8 Å². The molecule has 0 aromatic carbocycles. The summed E-state index contributed by atoms with van der Waals surface area (Å²) in [7, 11) is 0. The van der Waals surface area contributed by atoms with Crippen molar-refractivity contribution in [1.29, 1.82) is 0 Å². The largest absolute Gasteiger partial charge is 0.381 e. The van der Waals surface area contributed by atoms with Crippen molar-refractivity contribution in [1.82, 2.24) is 10.2 Å². The third kappa shape index (κ3) is 3.37. The van der Waals surface area contributed by atoms with E-state index in [-0.39, 0.29) is 0 Å². The number of ether oxygens (including phenoxy) is 1. The first-order valence-electron chi connectivity index (χ1n) is 8.93. The van der Waals surface area contributed by atoms with Gasteiger partial charge in [-0.3, -0.25) is 4.90 Å². The quantitative estimate of drug-likeness (QED) is 0.838. The van der Waals surface area contributed by atoms with Gasteiger partial charge in [-0.2, -0.15) is 0 Å². The van der Waals surface area contributed by atoms with E-state index in [0.29, 0.717) is 12.0 Å². The Bertz CT molecular complexity index is 297. The van der Waals surface area contributed by atoms with Crippen molar-refractivity contribution in [3.8, 4) is 0 Å². The Hall–Kier alpha value is -0.120. The topological polar surface area (TPSA) is 24.5 Å². The summed E-state index contributed by atoms with van der Waals surface area (Å²) in [5.41, 5.74) is 0. The Morgan fingerprint density at radius 1 is 1.15 bits per heavy atom. The molecule has 0 spiro atoms. The molecule has 0 radical (unpaired) electrons. The van der Waals surface area contributed by atoms with Crippen molar-refractivity contribution in [2.75, 3.05) is 32.8 Å². The SMILES string of the molecule is CCCNC1CCOCC1CN1CCC2CCCCC21. The van der Waals surface area contributed by atoms with Crippen molar-refractivity contribution in [2.45, 2.75) is 64.0 Å². The first-order chi connectivity index (χ1) is 9.88. The van der Waals surface area contributed by atoms with Crippen LogP contribution >= 0.6 is 0 Å². The van der Waals surface area contributed by atoms with Gasteiger partial charge in [0.15, 0.2) is 0 Å². The average molecular weight is 280 g/mol. The highest BCUT2D eigenvalue weighted by molar-refractivity contribution is 4.92. The standard InChI is InChI=1S/C17H32N2O/c1-2-9-18-16-8-11-20-13-15(16)12-19-10-7-14-5-3-4-6-17(14)19/h14-18H,2-13H2,1H3. The molecule has 1 aliphatic carbocycles. The van der Waals surface area contributed by atoms with Gasteiger partial charge < -0.3 is 10.1 Å². The maximum atomic E-state index is 5.77. The van der Waals surface area contributed by atoms with Gasteiger partial charge in [0.1, 0.15) is 0 Å². The summed E-state index contributed by atoms with van der Waals surface area (Å²) in [6, 6.07) is 1.59. The zero-order valence-electron chi connectivity index (χ0n) is 13.2. The van der Waals surface area contributed by atoms with Crippen molar-refractivity contribution in [3.63, 3.8) is 0 Å². The molecule has 0 amide bonds. The predicted octanol–water partition coefficient (Wildman–Crippen LogP) is 2.66. The predicted molar refractivity (Wildman–Crippen MR) is 82.9 cm³/mol. The molecule has 20 heavy (non-hydrogen) atoms. The van der Waals surface area contributed by atoms with E-state index in [1.165, 1.54) is 58.0 Å². The van der Waals surface area contributed by atoms with Crippen LogP contribution in [0.2, 0.25) is 0 Å². The second-order valence-electron chi connectivity index (χ2n) is 7.08. The molecule has 2 aliphatic heterocycles. The number of nitrogens with one attached hydrogen (secondary N) is 1. The monoisotopic (exact) mass is 280 g/mol. The Balaban J connectivity index is 1.54. The van der Waals surface area contributed by atoms with Gasteiger partial charge in [-0.15, -0.1) is 0 Å². The molecule has 0 aromatic rings. The fourth-order valence-corrected chi connectivity index (χ4v) is 4.61. The first kappa shape index (κ1) is 14.8. The number of nitrogens with zero attached hydrogens (tertiary/aromatic N) is 1. The molecule has 2 saturated heterocycles. The van der Waals surface area contributed by atoms with Crippen LogP contribution in [0.4, 0.5) is 0 Å². The number of likely N-dealkylation sites (tertiary alicyclic amines) is 1. The van der Waals surface area contributed by atoms with Gasteiger partial charge >= 0.3 is 0 Å². The van der Waals surface area contributed by atoms with Gasteiger partial charge in [-0.25, -0.2) is 0 Å². The molecule has 3 heteroatoms. The average Bonchev–Trinajstić information content (AvgIpc) is 2.90. The van der Waals surface area contributed by atoms with E-state index in [9.17, 15) is 0 Å². The van der Waals surface area contributed by atoms with E-state index in [4.69, 9.17) is 4.74 Å². The molecule has 2 heterocycles. The summed E-state index contributed by atoms with van der Waals surface area (Å²) in [6.45, 7) is 7.94. The van der Waals surface area contributed by atoms with Crippen LogP contribution in [0.15, 0.2) is 0 Å². The maximum absolute atomic E-state index is 5.77. The highest BCUT2D eigenvalue weighted by atomic mass is 16.5. The Morgan fingerprint density at radius 2 is 2.05 bits per heavy atom. The van der Waals surface area contributed by atoms with E-state index in [0.717, 1.165) is 31.7 Å². The second-order valence-corrected chi connectivity index (χ2v) is 7.08. The molecule has 3 fully saturated rings. The summed E-state index contributed by atoms with van der Waals surface area (Å²) >= 11 is 0. The van der Waals surface area contributed by atoms with E-state index in [2.05, 4.69) is 17.1 Å². The number of hydrogen-bond acceptors (Lipinski definition) is 3. The molecule has 4 unspecified atom stereocenters. The van der Waals surface area contributed by atoms with Crippen LogP contribution in [0, 0.1) is 11.8 Å². The summed E-state index contributed by atoms with van der Waals surface area (Å²) < 4.78 is 5.77. The van der Waals surface area contributed by atoms with Crippen molar-refractivity contribution in [3.05, 3.63) is 0 Å². The number of rotatable bonds is 5. The lowest BCUT2D eigenvalue weighted by molar-refractivity contribution is 0.0116. The first-order valence-corrected chi connectivity index (χ1v) is 8.93. The molecule has 3 nitrogen and oxygen atoms in total. The van der Waals surface area contributed by atoms with Gasteiger partial charge in [0.05, 0.1) is 6.61 Å². The Labute approximate surface area is 124 Å². The minimum atomic E-state index is 0.686. The van der Waals surface area contributed by atoms with E-state index in [1.54, 1.807) is 0 Å².